The zero-order valence-electron chi connectivity index (χ0n) is 31.7. The fourth-order valence-electron chi connectivity index (χ4n) is 10.1. The summed E-state index contributed by atoms with van der Waals surface area (Å²) >= 11 is 0. The molecular weight excluding hydrogens is 663 g/mol. The van der Waals surface area contributed by atoms with E-state index in [2.05, 4.69) is 209 Å². The van der Waals surface area contributed by atoms with Crippen molar-refractivity contribution in [1.29, 1.82) is 0 Å². The van der Waals surface area contributed by atoms with Crippen LogP contribution >= 0.6 is 0 Å². The minimum atomic E-state index is -0.0989. The van der Waals surface area contributed by atoms with Gasteiger partial charge < -0.3 is 4.90 Å². The molecule has 9 aromatic carbocycles. The van der Waals surface area contributed by atoms with Crippen LogP contribution < -0.4 is 4.90 Å². The predicted molar refractivity (Wildman–Crippen MR) is 234 cm³/mol. The van der Waals surface area contributed by atoms with Crippen molar-refractivity contribution >= 4 is 49.4 Å². The minimum absolute atomic E-state index is 0.0549. The van der Waals surface area contributed by atoms with Crippen LogP contribution in [0.15, 0.2) is 176 Å². The molecule has 9 aromatic rings. The third-order valence-electron chi connectivity index (χ3n) is 12.8. The van der Waals surface area contributed by atoms with E-state index in [9.17, 15) is 0 Å². The number of hydrogen-bond acceptors (Lipinski definition) is 1. The van der Waals surface area contributed by atoms with E-state index in [1.165, 1.54) is 93.6 Å². The molecule has 2 aliphatic rings. The van der Waals surface area contributed by atoms with Gasteiger partial charge in [0.25, 0.3) is 0 Å². The van der Waals surface area contributed by atoms with Crippen molar-refractivity contribution < 1.29 is 0 Å². The Kier molecular flexibility index (Phi) is 6.72. The Morgan fingerprint density at radius 2 is 0.964 bits per heavy atom. The van der Waals surface area contributed by atoms with Gasteiger partial charge in [0, 0.05) is 27.8 Å². The van der Waals surface area contributed by atoms with Crippen molar-refractivity contribution in [2.75, 3.05) is 4.90 Å². The zero-order chi connectivity index (χ0) is 37.1. The number of anilines is 3. The summed E-state index contributed by atoms with van der Waals surface area (Å²) in [5.41, 5.74) is 16.7. The molecule has 0 atom stereocenters. The molecule has 0 saturated heterocycles. The molecule has 0 aromatic heterocycles. The maximum absolute atomic E-state index is 2.50. The van der Waals surface area contributed by atoms with Gasteiger partial charge in [-0.1, -0.05) is 167 Å². The minimum Gasteiger partial charge on any atom is -0.310 e. The van der Waals surface area contributed by atoms with Crippen LogP contribution in [0.2, 0.25) is 0 Å². The highest BCUT2D eigenvalue weighted by Crippen LogP contribution is 2.56. The third-order valence-corrected chi connectivity index (χ3v) is 12.8. The van der Waals surface area contributed by atoms with Crippen molar-refractivity contribution in [2.24, 2.45) is 0 Å². The van der Waals surface area contributed by atoms with Crippen molar-refractivity contribution in [3.8, 4) is 33.4 Å². The Bertz CT molecular complexity index is 3030. The molecule has 0 radical (unpaired) electrons. The fraction of sp³-hybridized carbons (Fsp3) is 0.111. The number of nitrogens with zero attached hydrogens (tertiary/aromatic N) is 1. The van der Waals surface area contributed by atoms with Gasteiger partial charge in [-0.2, -0.15) is 0 Å². The molecule has 0 spiro atoms. The van der Waals surface area contributed by atoms with Crippen LogP contribution in [-0.4, -0.2) is 0 Å². The lowest BCUT2D eigenvalue weighted by Gasteiger charge is -2.30. The van der Waals surface area contributed by atoms with Crippen molar-refractivity contribution in [3.05, 3.63) is 198 Å². The van der Waals surface area contributed by atoms with Crippen LogP contribution in [0.1, 0.15) is 49.9 Å². The first kappa shape index (κ1) is 32.0. The zero-order valence-corrected chi connectivity index (χ0v) is 31.7. The van der Waals surface area contributed by atoms with E-state index in [1.807, 2.05) is 0 Å². The molecule has 55 heavy (non-hydrogen) atoms. The fourth-order valence-corrected chi connectivity index (χ4v) is 10.1. The van der Waals surface area contributed by atoms with Gasteiger partial charge in [0.05, 0.1) is 5.69 Å². The van der Waals surface area contributed by atoms with Gasteiger partial charge in [0.15, 0.2) is 0 Å². The van der Waals surface area contributed by atoms with Crippen LogP contribution in [0.3, 0.4) is 0 Å². The Morgan fingerprint density at radius 1 is 0.364 bits per heavy atom. The lowest BCUT2D eigenvalue weighted by atomic mass is 9.82. The summed E-state index contributed by atoms with van der Waals surface area (Å²) in [6.07, 6.45) is 0. The molecule has 1 heteroatoms. The van der Waals surface area contributed by atoms with E-state index in [0.29, 0.717) is 0 Å². The quantitative estimate of drug-likeness (QED) is 0.165. The number of hydrogen-bond donors (Lipinski definition) is 0. The molecule has 0 bridgehead atoms. The van der Waals surface area contributed by atoms with Gasteiger partial charge in [0.1, 0.15) is 0 Å². The lowest BCUT2D eigenvalue weighted by Crippen LogP contribution is -2.16. The standard InChI is InChI=1S/C54H41N/c1-53(2)46-20-11-9-18-41(46)45-33-38(29-31-48(45)53)55(50-23-13-22-49-52(50)43-19-10-12-21-47(43)54(49,3)4)37-27-24-35(25-28-37)44-32-36-15-6-7-16-39(36)42-30-26-34-14-5-8-17-40(34)51(42)44/h5-33H,1-4H3. The molecule has 0 N–H and O–H groups in total. The van der Waals surface area contributed by atoms with E-state index < -0.39 is 0 Å². The normalized spacial score (nSPS) is 14.5. The van der Waals surface area contributed by atoms with Crippen LogP contribution in [-0.2, 0) is 10.8 Å². The second-order valence-corrected chi connectivity index (χ2v) is 16.5. The molecule has 0 aliphatic heterocycles. The summed E-state index contributed by atoms with van der Waals surface area (Å²) in [5, 5.41) is 7.69. The highest BCUT2D eigenvalue weighted by atomic mass is 15.1. The smallest absolute Gasteiger partial charge is 0.0543 e. The molecule has 0 heterocycles. The van der Waals surface area contributed by atoms with E-state index in [0.717, 1.165) is 11.4 Å². The molecular formula is C54H41N. The van der Waals surface area contributed by atoms with Gasteiger partial charge in [-0.3, -0.25) is 0 Å². The Labute approximate surface area is 323 Å². The van der Waals surface area contributed by atoms with Crippen LogP contribution in [0.5, 0.6) is 0 Å². The maximum atomic E-state index is 2.50. The number of benzene rings is 9. The van der Waals surface area contributed by atoms with Gasteiger partial charge in [-0.15, -0.1) is 0 Å². The van der Waals surface area contributed by atoms with Crippen LogP contribution in [0, 0.1) is 0 Å². The van der Waals surface area contributed by atoms with Gasteiger partial charge in [-0.05, 0) is 119 Å². The van der Waals surface area contributed by atoms with E-state index in [-0.39, 0.29) is 10.8 Å². The second kappa shape index (κ2) is 11.5. The van der Waals surface area contributed by atoms with Crippen molar-refractivity contribution in [2.45, 2.75) is 38.5 Å². The molecule has 1 nitrogen and oxygen atoms in total. The monoisotopic (exact) mass is 703 g/mol. The topological polar surface area (TPSA) is 3.24 Å². The Hall–Kier alpha value is -6.44. The van der Waals surface area contributed by atoms with Crippen molar-refractivity contribution in [1.82, 2.24) is 0 Å². The van der Waals surface area contributed by atoms with Crippen LogP contribution in [0.4, 0.5) is 17.1 Å². The largest absolute Gasteiger partial charge is 0.310 e. The van der Waals surface area contributed by atoms with Crippen molar-refractivity contribution in [3.63, 3.8) is 0 Å². The molecule has 11 rings (SSSR count). The molecule has 2 aliphatic carbocycles. The Morgan fingerprint density at radius 3 is 1.76 bits per heavy atom. The third kappa shape index (κ3) is 4.53. The summed E-state index contributed by atoms with van der Waals surface area (Å²) in [6, 6.07) is 65.9. The van der Waals surface area contributed by atoms with Gasteiger partial charge >= 0.3 is 0 Å². The van der Waals surface area contributed by atoms with Gasteiger partial charge in [-0.25, -0.2) is 0 Å². The first-order chi connectivity index (χ1) is 26.8. The number of rotatable bonds is 4. The number of fused-ring (bicyclic) bond motifs is 11. The Balaban J connectivity index is 1.14. The average Bonchev–Trinajstić information content (AvgIpc) is 3.60. The summed E-state index contributed by atoms with van der Waals surface area (Å²) in [6.45, 7) is 9.45. The van der Waals surface area contributed by atoms with Gasteiger partial charge in [0.2, 0.25) is 0 Å². The summed E-state index contributed by atoms with van der Waals surface area (Å²) in [7, 11) is 0. The summed E-state index contributed by atoms with van der Waals surface area (Å²) in [5.74, 6) is 0. The molecule has 0 amide bonds. The van der Waals surface area contributed by atoms with E-state index in [1.54, 1.807) is 0 Å². The highest BCUT2D eigenvalue weighted by Gasteiger charge is 2.39. The van der Waals surface area contributed by atoms with E-state index in [4.69, 9.17) is 0 Å². The first-order valence-corrected chi connectivity index (χ1v) is 19.5. The molecule has 0 fully saturated rings. The van der Waals surface area contributed by atoms with Crippen LogP contribution in [0.25, 0.3) is 65.7 Å². The lowest BCUT2D eigenvalue weighted by molar-refractivity contribution is 0.660. The second-order valence-electron chi connectivity index (χ2n) is 16.5. The molecule has 262 valence electrons. The van der Waals surface area contributed by atoms with E-state index >= 15 is 0 Å². The highest BCUT2D eigenvalue weighted by molar-refractivity contribution is 6.23. The average molecular weight is 704 g/mol. The summed E-state index contributed by atoms with van der Waals surface area (Å²) in [4.78, 5) is 2.50. The first-order valence-electron chi connectivity index (χ1n) is 19.5. The molecule has 0 saturated carbocycles. The SMILES string of the molecule is CC1(C)c2ccccc2-c2cc(N(c3ccc(-c4cc5ccccc5c5ccc6ccccc6c45)cc3)c3cccc4c3-c3ccccc3C4(C)C)ccc21. The maximum Gasteiger partial charge on any atom is 0.0543 e. The molecule has 0 unspecified atom stereocenters. The summed E-state index contributed by atoms with van der Waals surface area (Å²) < 4.78 is 0. The predicted octanol–water partition coefficient (Wildman–Crippen LogP) is 14.9.